The average molecular weight is 378 g/mol. The predicted octanol–water partition coefficient (Wildman–Crippen LogP) is 3.08. The van der Waals surface area contributed by atoms with Gasteiger partial charge in [-0.25, -0.2) is 17.5 Å². The maximum absolute atomic E-state index is 12.9. The standard InChI is InChI=1S/C19H23FN2O3S/c1-14(2)11-12-22-26(24,25)18-9-5-16(6-10-18)19(23)21-13-15-3-7-17(20)8-4-15/h3-10,14,22H,11-13H2,1-2H3,(H,21,23). The van der Waals surface area contributed by atoms with Gasteiger partial charge in [0.05, 0.1) is 4.90 Å². The third-order valence-corrected chi connectivity index (χ3v) is 5.28. The lowest BCUT2D eigenvalue weighted by molar-refractivity contribution is 0.0951. The molecule has 0 radical (unpaired) electrons. The van der Waals surface area contributed by atoms with E-state index in [1.165, 1.54) is 36.4 Å². The molecule has 140 valence electrons. The monoisotopic (exact) mass is 378 g/mol. The molecule has 2 rings (SSSR count). The van der Waals surface area contributed by atoms with Gasteiger partial charge in [-0.05, 0) is 54.3 Å². The molecule has 0 aliphatic heterocycles. The Balaban J connectivity index is 1.95. The van der Waals surface area contributed by atoms with Crippen molar-refractivity contribution in [3.05, 3.63) is 65.5 Å². The molecule has 0 aliphatic carbocycles. The summed E-state index contributed by atoms with van der Waals surface area (Å²) in [6, 6.07) is 11.6. The van der Waals surface area contributed by atoms with Crippen LogP contribution in [0.15, 0.2) is 53.4 Å². The second-order valence-electron chi connectivity index (χ2n) is 6.41. The third-order valence-electron chi connectivity index (χ3n) is 3.81. The van der Waals surface area contributed by atoms with E-state index >= 15 is 0 Å². The maximum atomic E-state index is 12.9. The van der Waals surface area contributed by atoms with Gasteiger partial charge in [-0.1, -0.05) is 26.0 Å². The van der Waals surface area contributed by atoms with Gasteiger partial charge in [0.2, 0.25) is 10.0 Å². The Bertz CT molecular complexity index is 832. The molecule has 0 heterocycles. The van der Waals surface area contributed by atoms with E-state index < -0.39 is 10.0 Å². The van der Waals surface area contributed by atoms with Gasteiger partial charge in [-0.2, -0.15) is 0 Å². The lowest BCUT2D eigenvalue weighted by Gasteiger charge is -2.09. The van der Waals surface area contributed by atoms with Gasteiger partial charge in [-0.3, -0.25) is 4.79 Å². The SMILES string of the molecule is CC(C)CCNS(=O)(=O)c1ccc(C(=O)NCc2ccc(F)cc2)cc1. The van der Waals surface area contributed by atoms with Crippen molar-refractivity contribution in [2.45, 2.75) is 31.7 Å². The molecule has 0 aliphatic rings. The summed E-state index contributed by atoms with van der Waals surface area (Å²) in [5.41, 5.74) is 1.13. The number of nitrogens with one attached hydrogen (secondary N) is 2. The molecular weight excluding hydrogens is 355 g/mol. The van der Waals surface area contributed by atoms with Crippen LogP contribution in [0.1, 0.15) is 36.2 Å². The number of hydrogen-bond acceptors (Lipinski definition) is 3. The van der Waals surface area contributed by atoms with Crippen molar-refractivity contribution in [1.29, 1.82) is 0 Å². The molecule has 0 saturated heterocycles. The normalized spacial score (nSPS) is 11.5. The highest BCUT2D eigenvalue weighted by Gasteiger charge is 2.14. The summed E-state index contributed by atoms with van der Waals surface area (Å²) >= 11 is 0. The number of carbonyl (C=O) groups excluding carboxylic acids is 1. The molecule has 0 atom stereocenters. The topological polar surface area (TPSA) is 75.3 Å². The van der Waals surface area contributed by atoms with Crippen molar-refractivity contribution in [3.63, 3.8) is 0 Å². The predicted molar refractivity (Wildman–Crippen MR) is 98.7 cm³/mol. The second kappa shape index (κ2) is 8.91. The first-order valence-electron chi connectivity index (χ1n) is 8.40. The molecule has 0 bridgehead atoms. The summed E-state index contributed by atoms with van der Waals surface area (Å²) in [5.74, 6) is -0.255. The molecule has 0 unspecified atom stereocenters. The van der Waals surface area contributed by atoms with Crippen molar-refractivity contribution >= 4 is 15.9 Å². The lowest BCUT2D eigenvalue weighted by Crippen LogP contribution is -2.26. The Labute approximate surface area is 153 Å². The summed E-state index contributed by atoms with van der Waals surface area (Å²) in [7, 11) is -3.57. The fourth-order valence-corrected chi connectivity index (χ4v) is 3.29. The molecule has 0 saturated carbocycles. The number of rotatable bonds is 8. The van der Waals surface area contributed by atoms with Crippen LogP contribution < -0.4 is 10.0 Å². The van der Waals surface area contributed by atoms with E-state index in [0.717, 1.165) is 12.0 Å². The van der Waals surface area contributed by atoms with Crippen LogP contribution in [-0.4, -0.2) is 20.9 Å². The van der Waals surface area contributed by atoms with Crippen LogP contribution in [0.4, 0.5) is 4.39 Å². The van der Waals surface area contributed by atoms with Crippen molar-refractivity contribution in [2.75, 3.05) is 6.54 Å². The van der Waals surface area contributed by atoms with E-state index in [1.807, 2.05) is 13.8 Å². The van der Waals surface area contributed by atoms with Gasteiger partial charge < -0.3 is 5.32 Å². The van der Waals surface area contributed by atoms with Crippen LogP contribution in [0, 0.1) is 11.7 Å². The molecule has 2 aromatic rings. The van der Waals surface area contributed by atoms with Crippen molar-refractivity contribution < 1.29 is 17.6 Å². The smallest absolute Gasteiger partial charge is 0.251 e. The van der Waals surface area contributed by atoms with Crippen molar-refractivity contribution in [3.8, 4) is 0 Å². The third kappa shape index (κ3) is 5.93. The highest BCUT2D eigenvalue weighted by molar-refractivity contribution is 7.89. The van der Waals surface area contributed by atoms with E-state index in [1.54, 1.807) is 12.1 Å². The molecule has 0 fully saturated rings. The number of amides is 1. The minimum absolute atomic E-state index is 0.122. The zero-order valence-electron chi connectivity index (χ0n) is 14.8. The van der Waals surface area contributed by atoms with Gasteiger partial charge in [0.15, 0.2) is 0 Å². The van der Waals surface area contributed by atoms with Crippen LogP contribution in [0.2, 0.25) is 0 Å². The molecule has 7 heteroatoms. The second-order valence-corrected chi connectivity index (χ2v) is 8.18. The van der Waals surface area contributed by atoms with Gasteiger partial charge >= 0.3 is 0 Å². The average Bonchev–Trinajstić information content (AvgIpc) is 2.60. The highest BCUT2D eigenvalue weighted by atomic mass is 32.2. The molecule has 5 nitrogen and oxygen atoms in total. The van der Waals surface area contributed by atoms with Crippen LogP contribution in [0.3, 0.4) is 0 Å². The molecule has 1 amide bonds. The molecule has 2 N–H and O–H groups in total. The van der Waals surface area contributed by atoms with Gasteiger partial charge in [-0.15, -0.1) is 0 Å². The number of hydrogen-bond donors (Lipinski definition) is 2. The lowest BCUT2D eigenvalue weighted by atomic mass is 10.1. The van der Waals surface area contributed by atoms with Gasteiger partial charge in [0.1, 0.15) is 5.82 Å². The van der Waals surface area contributed by atoms with E-state index in [-0.39, 0.29) is 23.2 Å². The Morgan fingerprint density at radius 3 is 2.23 bits per heavy atom. The Kier molecular flexibility index (Phi) is 6.88. The quantitative estimate of drug-likeness (QED) is 0.741. The van der Waals surface area contributed by atoms with Gasteiger partial charge in [0, 0.05) is 18.7 Å². The summed E-state index contributed by atoms with van der Waals surface area (Å²) in [4.78, 5) is 12.3. The molecule has 2 aromatic carbocycles. The van der Waals surface area contributed by atoms with Crippen molar-refractivity contribution in [2.24, 2.45) is 5.92 Å². The number of carbonyl (C=O) groups is 1. The minimum atomic E-state index is -3.57. The maximum Gasteiger partial charge on any atom is 0.251 e. The van der Waals surface area contributed by atoms with Crippen LogP contribution in [0.5, 0.6) is 0 Å². The summed E-state index contributed by atoms with van der Waals surface area (Å²) in [5, 5.41) is 2.71. The summed E-state index contributed by atoms with van der Waals surface area (Å²) in [6.45, 7) is 4.68. The zero-order valence-corrected chi connectivity index (χ0v) is 15.6. The molecule has 0 aromatic heterocycles. The summed E-state index contributed by atoms with van der Waals surface area (Å²) < 4.78 is 39.8. The Morgan fingerprint density at radius 2 is 1.65 bits per heavy atom. The van der Waals surface area contributed by atoms with Crippen LogP contribution in [-0.2, 0) is 16.6 Å². The Hall–Kier alpha value is -2.25. The van der Waals surface area contributed by atoms with Crippen LogP contribution >= 0.6 is 0 Å². The highest BCUT2D eigenvalue weighted by Crippen LogP contribution is 2.11. The first-order chi connectivity index (χ1) is 12.3. The zero-order chi connectivity index (χ0) is 19.2. The van der Waals surface area contributed by atoms with E-state index in [0.29, 0.717) is 18.0 Å². The number of sulfonamides is 1. The largest absolute Gasteiger partial charge is 0.348 e. The fraction of sp³-hybridized carbons (Fsp3) is 0.316. The molecular formula is C19H23FN2O3S. The number of halogens is 1. The fourth-order valence-electron chi connectivity index (χ4n) is 2.24. The van der Waals surface area contributed by atoms with Crippen molar-refractivity contribution in [1.82, 2.24) is 10.0 Å². The first kappa shape index (κ1) is 20.1. The van der Waals surface area contributed by atoms with E-state index in [9.17, 15) is 17.6 Å². The minimum Gasteiger partial charge on any atom is -0.348 e. The van der Waals surface area contributed by atoms with Crippen LogP contribution in [0.25, 0.3) is 0 Å². The van der Waals surface area contributed by atoms with Gasteiger partial charge in [0.25, 0.3) is 5.91 Å². The Morgan fingerprint density at radius 1 is 1.04 bits per heavy atom. The summed E-state index contributed by atoms with van der Waals surface area (Å²) in [6.07, 6.45) is 0.753. The van der Waals surface area contributed by atoms with E-state index in [4.69, 9.17) is 0 Å². The molecule has 0 spiro atoms. The first-order valence-corrected chi connectivity index (χ1v) is 9.88. The number of benzene rings is 2. The van der Waals surface area contributed by atoms with E-state index in [2.05, 4.69) is 10.0 Å². The molecule has 26 heavy (non-hydrogen) atoms.